The topological polar surface area (TPSA) is 53.6 Å². The van der Waals surface area contributed by atoms with E-state index in [1.807, 2.05) is 0 Å². The van der Waals surface area contributed by atoms with Gasteiger partial charge in [0.1, 0.15) is 5.75 Å². The number of amides is 1. The van der Waals surface area contributed by atoms with Crippen LogP contribution in [0.15, 0.2) is 18.2 Å². The number of hydrogen-bond donors (Lipinski definition) is 2. The van der Waals surface area contributed by atoms with Gasteiger partial charge in [0, 0.05) is 30.7 Å². The zero-order chi connectivity index (χ0) is 14.5. The molecule has 1 aromatic carbocycles. The molecule has 1 unspecified atom stereocenters. The van der Waals surface area contributed by atoms with Crippen LogP contribution < -0.4 is 15.4 Å². The second-order valence-electron chi connectivity index (χ2n) is 4.92. The molecule has 1 aliphatic rings. The molecule has 1 aliphatic heterocycles. The second-order valence-corrected chi connectivity index (χ2v) is 5.35. The first-order valence-corrected chi connectivity index (χ1v) is 7.06. The van der Waals surface area contributed by atoms with Crippen molar-refractivity contribution in [3.63, 3.8) is 0 Å². The van der Waals surface area contributed by atoms with Crippen LogP contribution in [0.2, 0.25) is 5.02 Å². The fourth-order valence-corrected chi connectivity index (χ4v) is 2.44. The van der Waals surface area contributed by atoms with Gasteiger partial charge in [-0.05, 0) is 25.1 Å². The van der Waals surface area contributed by atoms with Gasteiger partial charge in [0.2, 0.25) is 5.91 Å². The molecular formula is C14H21Cl2N3O2. The van der Waals surface area contributed by atoms with Crippen molar-refractivity contribution in [1.82, 2.24) is 10.2 Å². The number of nitrogens with one attached hydrogen (secondary N) is 2. The molecule has 1 saturated heterocycles. The second kappa shape index (κ2) is 8.44. The van der Waals surface area contributed by atoms with Crippen molar-refractivity contribution in [3.8, 4) is 5.75 Å². The van der Waals surface area contributed by atoms with E-state index in [2.05, 4.69) is 22.5 Å². The highest BCUT2D eigenvalue weighted by molar-refractivity contribution is 6.31. The number of ether oxygens (including phenoxy) is 1. The van der Waals surface area contributed by atoms with Crippen molar-refractivity contribution < 1.29 is 9.53 Å². The molecule has 2 rings (SSSR count). The van der Waals surface area contributed by atoms with Crippen LogP contribution in [-0.2, 0) is 4.79 Å². The Balaban J connectivity index is 0.00000220. The van der Waals surface area contributed by atoms with E-state index in [0.717, 1.165) is 19.6 Å². The molecule has 7 heteroatoms. The summed E-state index contributed by atoms with van der Waals surface area (Å²) in [6, 6.07) is 5.52. The lowest BCUT2D eigenvalue weighted by Crippen LogP contribution is -2.51. The Morgan fingerprint density at radius 2 is 2.33 bits per heavy atom. The lowest BCUT2D eigenvalue weighted by atomic mass is 10.2. The molecule has 1 amide bonds. The Bertz CT molecular complexity index is 485. The maximum absolute atomic E-state index is 12.1. The summed E-state index contributed by atoms with van der Waals surface area (Å²) in [5.41, 5.74) is 0.604. The van der Waals surface area contributed by atoms with Crippen molar-refractivity contribution >= 4 is 35.6 Å². The minimum absolute atomic E-state index is 0. The van der Waals surface area contributed by atoms with Crippen molar-refractivity contribution in [2.75, 3.05) is 38.6 Å². The number of benzene rings is 1. The number of rotatable bonds is 4. The van der Waals surface area contributed by atoms with Gasteiger partial charge in [0.05, 0.1) is 19.3 Å². The van der Waals surface area contributed by atoms with E-state index < -0.39 is 0 Å². The summed E-state index contributed by atoms with van der Waals surface area (Å²) in [5, 5.41) is 6.73. The first kappa shape index (κ1) is 18.0. The van der Waals surface area contributed by atoms with E-state index in [9.17, 15) is 4.79 Å². The monoisotopic (exact) mass is 333 g/mol. The maximum atomic E-state index is 12.1. The van der Waals surface area contributed by atoms with Gasteiger partial charge < -0.3 is 15.4 Å². The molecule has 21 heavy (non-hydrogen) atoms. The summed E-state index contributed by atoms with van der Waals surface area (Å²) >= 11 is 5.95. The summed E-state index contributed by atoms with van der Waals surface area (Å²) in [6.45, 7) is 5.19. The van der Waals surface area contributed by atoms with Crippen molar-refractivity contribution in [2.24, 2.45) is 0 Å². The van der Waals surface area contributed by atoms with Crippen LogP contribution in [-0.4, -0.2) is 50.1 Å². The highest BCUT2D eigenvalue weighted by Crippen LogP contribution is 2.27. The predicted octanol–water partition coefficient (Wildman–Crippen LogP) is 2.00. The van der Waals surface area contributed by atoms with E-state index in [0.29, 0.717) is 29.0 Å². The maximum Gasteiger partial charge on any atom is 0.238 e. The Kier molecular flexibility index (Phi) is 7.25. The molecular weight excluding hydrogens is 313 g/mol. The summed E-state index contributed by atoms with van der Waals surface area (Å²) in [6.07, 6.45) is 0. The Labute approximate surface area is 136 Å². The molecule has 1 aromatic rings. The zero-order valence-corrected chi connectivity index (χ0v) is 13.8. The number of methoxy groups -OCH3 is 1. The molecule has 1 heterocycles. The van der Waals surface area contributed by atoms with Gasteiger partial charge >= 0.3 is 0 Å². The van der Waals surface area contributed by atoms with Crippen LogP contribution in [0.5, 0.6) is 5.75 Å². The van der Waals surface area contributed by atoms with E-state index in [1.54, 1.807) is 25.3 Å². The predicted molar refractivity (Wildman–Crippen MR) is 87.8 cm³/mol. The van der Waals surface area contributed by atoms with Gasteiger partial charge in [-0.2, -0.15) is 0 Å². The summed E-state index contributed by atoms with van der Waals surface area (Å²) < 4.78 is 5.22. The highest BCUT2D eigenvalue weighted by Gasteiger charge is 2.20. The number of nitrogens with zero attached hydrogens (tertiary/aromatic N) is 1. The molecule has 2 N–H and O–H groups in total. The normalized spacial score (nSPS) is 18.7. The Morgan fingerprint density at radius 1 is 1.57 bits per heavy atom. The standard InChI is InChI=1S/C14H20ClN3O2.ClH/c1-10-8-16-5-6-18(10)9-14(19)17-12-7-11(15)3-4-13(12)20-2;/h3-4,7,10,16H,5-6,8-9H2,1-2H3,(H,17,19);1H. The number of anilines is 1. The molecule has 0 aromatic heterocycles. The first-order valence-electron chi connectivity index (χ1n) is 6.68. The van der Waals surface area contributed by atoms with E-state index in [1.165, 1.54) is 0 Å². The number of carbonyl (C=O) groups is 1. The minimum Gasteiger partial charge on any atom is -0.495 e. The molecule has 0 spiro atoms. The van der Waals surface area contributed by atoms with Crippen LogP contribution in [0.25, 0.3) is 0 Å². The fourth-order valence-electron chi connectivity index (χ4n) is 2.27. The third-order valence-corrected chi connectivity index (χ3v) is 3.66. The van der Waals surface area contributed by atoms with Gasteiger partial charge in [-0.15, -0.1) is 12.4 Å². The molecule has 1 fully saturated rings. The molecule has 0 aliphatic carbocycles. The lowest BCUT2D eigenvalue weighted by Gasteiger charge is -2.33. The molecule has 0 radical (unpaired) electrons. The Hall–Kier alpha value is -1.01. The van der Waals surface area contributed by atoms with Gasteiger partial charge in [-0.3, -0.25) is 9.69 Å². The van der Waals surface area contributed by atoms with E-state index in [4.69, 9.17) is 16.3 Å². The quantitative estimate of drug-likeness (QED) is 0.884. The zero-order valence-electron chi connectivity index (χ0n) is 12.2. The van der Waals surface area contributed by atoms with Gasteiger partial charge in [-0.25, -0.2) is 0 Å². The minimum atomic E-state index is -0.0562. The number of halogens is 2. The van der Waals surface area contributed by atoms with E-state index in [-0.39, 0.29) is 18.3 Å². The van der Waals surface area contributed by atoms with Crippen LogP contribution in [0.4, 0.5) is 5.69 Å². The highest BCUT2D eigenvalue weighted by atomic mass is 35.5. The average Bonchev–Trinajstić information content (AvgIpc) is 2.41. The lowest BCUT2D eigenvalue weighted by molar-refractivity contribution is -0.118. The van der Waals surface area contributed by atoms with Crippen molar-refractivity contribution in [2.45, 2.75) is 13.0 Å². The number of hydrogen-bond acceptors (Lipinski definition) is 4. The Morgan fingerprint density at radius 3 is 3.00 bits per heavy atom. The summed E-state index contributed by atoms with van der Waals surface area (Å²) in [7, 11) is 1.57. The van der Waals surface area contributed by atoms with Gasteiger partial charge in [0.15, 0.2) is 0 Å². The smallest absolute Gasteiger partial charge is 0.238 e. The summed E-state index contributed by atoms with van der Waals surface area (Å²) in [4.78, 5) is 14.3. The number of piperazine rings is 1. The van der Waals surface area contributed by atoms with Crippen molar-refractivity contribution in [3.05, 3.63) is 23.2 Å². The average molecular weight is 334 g/mol. The van der Waals surface area contributed by atoms with Gasteiger partial charge in [-0.1, -0.05) is 11.6 Å². The third kappa shape index (κ3) is 5.04. The fraction of sp³-hybridized carbons (Fsp3) is 0.500. The van der Waals surface area contributed by atoms with Crippen LogP contribution in [0.1, 0.15) is 6.92 Å². The third-order valence-electron chi connectivity index (χ3n) is 3.42. The first-order chi connectivity index (χ1) is 9.60. The molecule has 0 saturated carbocycles. The van der Waals surface area contributed by atoms with Crippen LogP contribution in [0.3, 0.4) is 0 Å². The number of carbonyl (C=O) groups excluding carboxylic acids is 1. The molecule has 1 atom stereocenters. The van der Waals surface area contributed by atoms with Crippen LogP contribution in [0, 0.1) is 0 Å². The largest absolute Gasteiger partial charge is 0.495 e. The van der Waals surface area contributed by atoms with Crippen molar-refractivity contribution in [1.29, 1.82) is 0 Å². The van der Waals surface area contributed by atoms with Crippen LogP contribution >= 0.6 is 24.0 Å². The molecule has 0 bridgehead atoms. The van der Waals surface area contributed by atoms with E-state index >= 15 is 0 Å². The molecule has 118 valence electrons. The SMILES string of the molecule is COc1ccc(Cl)cc1NC(=O)CN1CCNCC1C.Cl. The molecule has 5 nitrogen and oxygen atoms in total. The summed E-state index contributed by atoms with van der Waals surface area (Å²) in [5.74, 6) is 0.551. The van der Waals surface area contributed by atoms with Gasteiger partial charge in [0.25, 0.3) is 0 Å².